The van der Waals surface area contributed by atoms with E-state index in [2.05, 4.69) is 16.0 Å². The number of pyridine rings is 1. The van der Waals surface area contributed by atoms with Crippen LogP contribution in [0.4, 0.5) is 0 Å². The summed E-state index contributed by atoms with van der Waals surface area (Å²) in [6.45, 7) is 3.86. The molecule has 0 fully saturated rings. The lowest BCUT2D eigenvalue weighted by molar-refractivity contribution is -0.132. The molecule has 0 spiro atoms. The summed E-state index contributed by atoms with van der Waals surface area (Å²) in [7, 11) is 0. The number of carbonyl (C=O) groups excluding carboxylic acids is 1. The maximum atomic E-state index is 12.5. The molecule has 0 saturated carbocycles. The lowest BCUT2D eigenvalue weighted by Gasteiger charge is -2.26. The molecule has 0 bridgehead atoms. The van der Waals surface area contributed by atoms with Crippen molar-refractivity contribution < 1.29 is 14.3 Å². The molecule has 0 aliphatic carbocycles. The molecule has 0 saturated heterocycles. The largest absolute Gasteiger partial charge is 0.494 e. The van der Waals surface area contributed by atoms with Crippen molar-refractivity contribution in [1.29, 1.82) is 0 Å². The quantitative estimate of drug-likeness (QED) is 0.712. The first kappa shape index (κ1) is 18.1. The average molecular weight is 377 g/mol. The summed E-state index contributed by atoms with van der Waals surface area (Å²) in [5.41, 5.74) is 4.35. The molecule has 1 aromatic carbocycles. The van der Waals surface area contributed by atoms with Gasteiger partial charge in [-0.2, -0.15) is 0 Å². The van der Waals surface area contributed by atoms with Gasteiger partial charge in [-0.25, -0.2) is 0 Å². The number of ether oxygens (including phenoxy) is 2. The predicted molar refractivity (Wildman–Crippen MR) is 108 cm³/mol. The van der Waals surface area contributed by atoms with Gasteiger partial charge in [0.25, 0.3) is 5.91 Å². The van der Waals surface area contributed by atoms with Crippen LogP contribution in [0.3, 0.4) is 0 Å². The fourth-order valence-electron chi connectivity index (χ4n) is 3.37. The Morgan fingerprint density at radius 3 is 2.68 bits per heavy atom. The molecular formula is C22H23N3O3. The van der Waals surface area contributed by atoms with Gasteiger partial charge in [-0.05, 0) is 55.3 Å². The predicted octanol–water partition coefficient (Wildman–Crippen LogP) is 3.66. The molecule has 6 heteroatoms. The SMILES string of the molecule is CCOc1ccc(OCC(=O)N2CC=C(c3c[nH]c4cccnc34)CC2)cc1. The number of H-pyrrole nitrogens is 1. The fourth-order valence-corrected chi connectivity index (χ4v) is 3.37. The number of fused-ring (bicyclic) bond motifs is 1. The highest BCUT2D eigenvalue weighted by molar-refractivity contribution is 5.90. The van der Waals surface area contributed by atoms with Gasteiger partial charge in [-0.1, -0.05) is 6.08 Å². The molecule has 0 radical (unpaired) electrons. The molecular weight excluding hydrogens is 354 g/mol. The Hall–Kier alpha value is -3.28. The number of carbonyl (C=O) groups is 1. The van der Waals surface area contributed by atoms with E-state index in [1.165, 1.54) is 5.57 Å². The first-order valence-electron chi connectivity index (χ1n) is 9.49. The van der Waals surface area contributed by atoms with Crippen LogP contribution >= 0.6 is 0 Å². The van der Waals surface area contributed by atoms with Gasteiger partial charge in [-0.15, -0.1) is 0 Å². The molecule has 144 valence electrons. The third-order valence-corrected chi connectivity index (χ3v) is 4.84. The first-order chi connectivity index (χ1) is 13.7. The molecule has 1 N–H and O–H groups in total. The summed E-state index contributed by atoms with van der Waals surface area (Å²) < 4.78 is 11.0. The highest BCUT2D eigenvalue weighted by Crippen LogP contribution is 2.28. The van der Waals surface area contributed by atoms with E-state index in [0.29, 0.717) is 25.4 Å². The molecule has 6 nitrogen and oxygen atoms in total. The van der Waals surface area contributed by atoms with Crippen molar-refractivity contribution in [2.45, 2.75) is 13.3 Å². The van der Waals surface area contributed by atoms with Crippen molar-refractivity contribution in [2.75, 3.05) is 26.3 Å². The number of nitrogens with zero attached hydrogens (tertiary/aromatic N) is 2. The van der Waals surface area contributed by atoms with E-state index in [-0.39, 0.29) is 12.5 Å². The molecule has 4 rings (SSSR count). The van der Waals surface area contributed by atoms with Crippen molar-refractivity contribution in [2.24, 2.45) is 0 Å². The Labute approximate surface area is 163 Å². The summed E-state index contributed by atoms with van der Waals surface area (Å²) >= 11 is 0. The van der Waals surface area contributed by atoms with Gasteiger partial charge >= 0.3 is 0 Å². The standard InChI is InChI=1S/C22H23N3O3/c1-2-27-17-5-7-18(8-6-17)28-15-21(26)25-12-9-16(10-13-25)19-14-24-20-4-3-11-23-22(19)20/h3-9,11,14,24H,2,10,12-13,15H2,1H3. The van der Waals surface area contributed by atoms with E-state index >= 15 is 0 Å². The van der Waals surface area contributed by atoms with Crippen molar-refractivity contribution in [3.63, 3.8) is 0 Å². The van der Waals surface area contributed by atoms with Gasteiger partial charge in [0.1, 0.15) is 11.5 Å². The number of aromatic nitrogens is 2. The average Bonchev–Trinajstić information content (AvgIpc) is 3.17. The normalized spacial score (nSPS) is 14.0. The lowest BCUT2D eigenvalue weighted by atomic mass is 10.0. The van der Waals surface area contributed by atoms with Crippen LogP contribution in [0, 0.1) is 0 Å². The smallest absolute Gasteiger partial charge is 0.260 e. The molecule has 3 aromatic rings. The summed E-state index contributed by atoms with van der Waals surface area (Å²) in [4.78, 5) is 22.0. The van der Waals surface area contributed by atoms with Gasteiger partial charge < -0.3 is 19.4 Å². The van der Waals surface area contributed by atoms with E-state index < -0.39 is 0 Å². The van der Waals surface area contributed by atoms with Crippen molar-refractivity contribution >= 4 is 22.5 Å². The van der Waals surface area contributed by atoms with Crippen LogP contribution in [0.1, 0.15) is 18.9 Å². The monoisotopic (exact) mass is 377 g/mol. The van der Waals surface area contributed by atoms with Gasteiger partial charge in [0.2, 0.25) is 0 Å². The number of hydrogen-bond acceptors (Lipinski definition) is 4. The van der Waals surface area contributed by atoms with Crippen LogP contribution in [0.5, 0.6) is 11.5 Å². The zero-order valence-corrected chi connectivity index (χ0v) is 15.9. The summed E-state index contributed by atoms with van der Waals surface area (Å²) in [5.74, 6) is 1.44. The molecule has 0 atom stereocenters. The van der Waals surface area contributed by atoms with Gasteiger partial charge in [-0.3, -0.25) is 9.78 Å². The lowest BCUT2D eigenvalue weighted by Crippen LogP contribution is -2.37. The third kappa shape index (κ3) is 3.86. The van der Waals surface area contributed by atoms with Crippen molar-refractivity contribution in [3.8, 4) is 11.5 Å². The Balaban J connectivity index is 1.34. The van der Waals surface area contributed by atoms with Crippen molar-refractivity contribution in [1.82, 2.24) is 14.9 Å². The van der Waals surface area contributed by atoms with Gasteiger partial charge in [0.15, 0.2) is 6.61 Å². The second-order valence-electron chi connectivity index (χ2n) is 6.61. The zero-order valence-electron chi connectivity index (χ0n) is 15.9. The number of aromatic amines is 1. The second kappa shape index (κ2) is 8.17. The minimum Gasteiger partial charge on any atom is -0.494 e. The Bertz CT molecular complexity index is 992. The van der Waals surface area contributed by atoms with E-state index in [1.54, 1.807) is 6.20 Å². The van der Waals surface area contributed by atoms with Crippen LogP contribution in [0.15, 0.2) is 54.9 Å². The Kier molecular flexibility index (Phi) is 5.28. The molecule has 28 heavy (non-hydrogen) atoms. The number of hydrogen-bond donors (Lipinski definition) is 1. The minimum absolute atomic E-state index is 0.0127. The second-order valence-corrected chi connectivity index (χ2v) is 6.61. The molecule has 1 aliphatic heterocycles. The van der Waals surface area contributed by atoms with Crippen LogP contribution in [-0.2, 0) is 4.79 Å². The Morgan fingerprint density at radius 2 is 1.96 bits per heavy atom. The van der Waals surface area contributed by atoms with Crippen LogP contribution < -0.4 is 9.47 Å². The van der Waals surface area contributed by atoms with Crippen molar-refractivity contribution in [3.05, 3.63) is 60.4 Å². The maximum absolute atomic E-state index is 12.5. The van der Waals surface area contributed by atoms with E-state index in [4.69, 9.17) is 9.47 Å². The van der Waals surface area contributed by atoms with E-state index in [1.807, 2.05) is 54.4 Å². The van der Waals surface area contributed by atoms with Crippen LogP contribution in [-0.4, -0.2) is 47.1 Å². The first-order valence-corrected chi connectivity index (χ1v) is 9.49. The summed E-state index contributed by atoms with van der Waals surface area (Å²) in [6, 6.07) is 11.3. The number of nitrogens with one attached hydrogen (secondary N) is 1. The highest BCUT2D eigenvalue weighted by Gasteiger charge is 2.20. The molecule has 3 heterocycles. The van der Waals surface area contributed by atoms with E-state index in [9.17, 15) is 4.79 Å². The van der Waals surface area contributed by atoms with Crippen LogP contribution in [0.25, 0.3) is 16.6 Å². The number of benzene rings is 1. The van der Waals surface area contributed by atoms with Gasteiger partial charge in [0.05, 0.1) is 17.6 Å². The third-order valence-electron chi connectivity index (χ3n) is 4.84. The Morgan fingerprint density at radius 1 is 1.18 bits per heavy atom. The zero-order chi connectivity index (χ0) is 19.3. The molecule has 1 aliphatic rings. The minimum atomic E-state index is -0.0127. The van der Waals surface area contributed by atoms with E-state index in [0.717, 1.165) is 28.8 Å². The fraction of sp³-hybridized carbons (Fsp3) is 0.273. The maximum Gasteiger partial charge on any atom is 0.260 e. The molecule has 1 amide bonds. The molecule has 0 unspecified atom stereocenters. The summed E-state index contributed by atoms with van der Waals surface area (Å²) in [6.07, 6.45) is 6.71. The topological polar surface area (TPSA) is 67.5 Å². The highest BCUT2D eigenvalue weighted by atomic mass is 16.5. The number of amides is 1. The van der Waals surface area contributed by atoms with Gasteiger partial charge in [0, 0.05) is 31.0 Å². The summed E-state index contributed by atoms with van der Waals surface area (Å²) in [5, 5.41) is 0. The molecule has 2 aromatic heterocycles. The number of rotatable bonds is 6. The van der Waals surface area contributed by atoms with Crippen LogP contribution in [0.2, 0.25) is 0 Å².